The van der Waals surface area contributed by atoms with Gasteiger partial charge in [-0.15, -0.1) is 0 Å². The minimum absolute atomic E-state index is 0.0475. The molecule has 1 fully saturated rings. The average Bonchev–Trinajstić information content (AvgIpc) is 3.63. The van der Waals surface area contributed by atoms with E-state index < -0.39 is 62.8 Å². The molecule has 0 radical (unpaired) electrons. The van der Waals surface area contributed by atoms with Crippen molar-refractivity contribution in [1.82, 2.24) is 19.5 Å². The molecule has 3 heterocycles. The molecule has 16 heteroatoms. The Balaban J connectivity index is 1.23. The van der Waals surface area contributed by atoms with Crippen LogP contribution in [0.5, 0.6) is 0 Å². The first-order valence-electron chi connectivity index (χ1n) is 14.5. The van der Waals surface area contributed by atoms with Crippen LogP contribution in [0.25, 0.3) is 43.5 Å². The van der Waals surface area contributed by atoms with Crippen LogP contribution in [-0.2, 0) is 13.8 Å². The minimum atomic E-state index is -4.89. The summed E-state index contributed by atoms with van der Waals surface area (Å²) >= 11 is 0. The monoisotopic (exact) mass is 649 g/mol. The highest BCUT2D eigenvalue weighted by Gasteiger charge is 2.43. The number of ether oxygens (including phenoxy) is 1. The molecule has 8 N–H and O–H groups in total. The molecule has 0 saturated carbocycles. The smallest absolute Gasteiger partial charge is 0.394 e. The van der Waals surface area contributed by atoms with Crippen LogP contribution in [0, 0.1) is 0 Å². The van der Waals surface area contributed by atoms with Gasteiger partial charge >= 0.3 is 7.82 Å². The Morgan fingerprint density at radius 1 is 1.04 bits per heavy atom. The quantitative estimate of drug-likeness (QED) is 0.0949. The highest BCUT2D eigenvalue weighted by molar-refractivity contribution is 7.46. The maximum absolute atomic E-state index is 13.2. The van der Waals surface area contributed by atoms with Crippen molar-refractivity contribution in [2.75, 3.05) is 11.9 Å². The molecule has 1 aliphatic heterocycles. The second-order valence-electron chi connectivity index (χ2n) is 11.7. The Labute approximate surface area is 258 Å². The number of phosphoric acid groups is 1. The first-order valence-corrected chi connectivity index (χ1v) is 16.0. The van der Waals surface area contributed by atoms with E-state index in [2.05, 4.69) is 20.3 Å². The molecule has 46 heavy (non-hydrogen) atoms. The Morgan fingerprint density at radius 3 is 2.52 bits per heavy atom. The lowest BCUT2D eigenvalue weighted by Crippen LogP contribution is -2.44. The molecule has 15 nitrogen and oxygen atoms in total. The number of hydrogen-bond acceptors (Lipinski definition) is 11. The molecular formula is C30H28N5O10P. The van der Waals surface area contributed by atoms with Crippen molar-refractivity contribution in [1.29, 1.82) is 0 Å². The highest BCUT2D eigenvalue weighted by Crippen LogP contribution is 2.47. The zero-order valence-corrected chi connectivity index (χ0v) is 24.7. The lowest BCUT2D eigenvalue weighted by Gasteiger charge is -2.38. The van der Waals surface area contributed by atoms with Crippen LogP contribution in [0.2, 0.25) is 0 Å². The number of rotatable bonds is 6. The number of aliphatic hydroxyl groups is 4. The third-order valence-electron chi connectivity index (χ3n) is 9.03. The van der Waals surface area contributed by atoms with Crippen LogP contribution in [-0.4, -0.2) is 80.8 Å². The lowest BCUT2D eigenvalue weighted by atomic mass is 9.77. The third-order valence-corrected chi connectivity index (χ3v) is 9.58. The number of hydrogen-bond donors (Lipinski definition) is 8. The summed E-state index contributed by atoms with van der Waals surface area (Å²) in [4.78, 5) is 43.0. The number of aromatic amines is 1. The second kappa shape index (κ2) is 10.5. The van der Waals surface area contributed by atoms with E-state index in [1.54, 1.807) is 6.07 Å². The van der Waals surface area contributed by atoms with E-state index >= 15 is 0 Å². The molecular weight excluding hydrogens is 621 g/mol. The summed E-state index contributed by atoms with van der Waals surface area (Å²) in [6.45, 7) is -0.579. The van der Waals surface area contributed by atoms with Gasteiger partial charge < -0.3 is 40.3 Å². The molecule has 0 bridgehead atoms. The van der Waals surface area contributed by atoms with Crippen LogP contribution in [0.1, 0.15) is 35.9 Å². The van der Waals surface area contributed by atoms with Gasteiger partial charge in [0, 0.05) is 6.42 Å². The van der Waals surface area contributed by atoms with Gasteiger partial charge in [-0.25, -0.2) is 9.55 Å². The number of fused-ring (bicyclic) bond motifs is 3. The second-order valence-corrected chi connectivity index (χ2v) is 12.9. The SMILES string of the molecule is O=c1[nH]c(N[C@H]2c3c(cc4ccc5cccc6ccc3c4c56)[C@@H](O)[C@H](O)[C@H]2O)nc2c1ncn2[C@H]1C[C@@H](OP(=O)(O)O)[C@@H](CO)O1. The van der Waals surface area contributed by atoms with Crippen LogP contribution in [0.4, 0.5) is 5.95 Å². The summed E-state index contributed by atoms with van der Waals surface area (Å²) in [5.74, 6) is -0.0803. The molecule has 0 unspecified atom stereocenters. The topological polar surface area (TPSA) is 233 Å². The minimum Gasteiger partial charge on any atom is -0.394 e. The van der Waals surface area contributed by atoms with Crippen LogP contribution < -0.4 is 10.9 Å². The van der Waals surface area contributed by atoms with Crippen molar-refractivity contribution in [3.05, 3.63) is 76.3 Å². The average molecular weight is 650 g/mol. The van der Waals surface area contributed by atoms with Gasteiger partial charge in [-0.05, 0) is 49.5 Å². The van der Waals surface area contributed by atoms with Crippen molar-refractivity contribution >= 4 is 57.3 Å². The van der Waals surface area contributed by atoms with Crippen LogP contribution in [0.3, 0.4) is 0 Å². The summed E-state index contributed by atoms with van der Waals surface area (Å²) in [6.07, 6.45) is -6.42. The maximum atomic E-state index is 13.2. The summed E-state index contributed by atoms with van der Waals surface area (Å²) < 4.78 is 23.4. The number of benzene rings is 4. The van der Waals surface area contributed by atoms with Crippen molar-refractivity contribution < 1.29 is 44.0 Å². The van der Waals surface area contributed by atoms with Crippen LogP contribution >= 0.6 is 7.82 Å². The van der Waals surface area contributed by atoms with E-state index in [1.807, 2.05) is 42.5 Å². The fraction of sp³-hybridized carbons (Fsp3) is 0.300. The Bertz CT molecular complexity index is 2240. The first kappa shape index (κ1) is 29.4. The van der Waals surface area contributed by atoms with Crippen molar-refractivity contribution in [2.45, 2.75) is 49.2 Å². The number of imidazole rings is 1. The molecule has 0 amide bonds. The number of nitrogens with zero attached hydrogens (tertiary/aromatic N) is 3. The molecule has 4 aromatic carbocycles. The fourth-order valence-corrected chi connectivity index (χ4v) is 7.59. The van der Waals surface area contributed by atoms with Crippen molar-refractivity contribution in [3.63, 3.8) is 0 Å². The predicted molar refractivity (Wildman–Crippen MR) is 164 cm³/mol. The van der Waals surface area contributed by atoms with E-state index in [0.29, 0.717) is 11.1 Å². The number of aliphatic hydroxyl groups excluding tert-OH is 4. The molecule has 2 aromatic heterocycles. The maximum Gasteiger partial charge on any atom is 0.469 e. The van der Waals surface area contributed by atoms with Gasteiger partial charge in [-0.2, -0.15) is 4.98 Å². The van der Waals surface area contributed by atoms with Gasteiger partial charge in [-0.3, -0.25) is 18.9 Å². The van der Waals surface area contributed by atoms with Gasteiger partial charge in [0.25, 0.3) is 5.56 Å². The van der Waals surface area contributed by atoms with Gasteiger partial charge in [-0.1, -0.05) is 42.5 Å². The summed E-state index contributed by atoms with van der Waals surface area (Å²) in [6, 6.07) is 14.6. The Morgan fingerprint density at radius 2 is 1.78 bits per heavy atom. The van der Waals surface area contributed by atoms with E-state index in [9.17, 15) is 39.6 Å². The Hall–Kier alpha value is -4.02. The van der Waals surface area contributed by atoms with Crippen molar-refractivity contribution in [3.8, 4) is 0 Å². The molecule has 6 aromatic rings. The largest absolute Gasteiger partial charge is 0.469 e. The van der Waals surface area contributed by atoms with E-state index in [0.717, 1.165) is 32.3 Å². The van der Waals surface area contributed by atoms with Gasteiger partial charge in [0.2, 0.25) is 5.95 Å². The standard InChI is InChI=1S/C30H28N5O10P/c36-10-18-17(45-46(41,42)43)9-19(44-18)35-11-31-24-28(35)33-30(34-29(24)40)32-23-22-15-7-6-13-3-1-2-12-4-5-14(21(15)20(12)13)8-16(22)25(37)27(39)26(23)38/h1-8,11,17-19,23,25-27,36-39H,9-10H2,(H2,41,42,43)(H2,32,33,34,40)/t17-,18-,19-,23+,25-,26+,27+/m1/s1. The number of aromatic nitrogens is 4. The lowest BCUT2D eigenvalue weighted by molar-refractivity contribution is -0.0767. The van der Waals surface area contributed by atoms with Gasteiger partial charge in [0.05, 0.1) is 19.0 Å². The first-order chi connectivity index (χ1) is 22.0. The van der Waals surface area contributed by atoms with E-state index in [-0.39, 0.29) is 23.5 Å². The number of anilines is 1. The number of H-pyrrole nitrogens is 1. The molecule has 238 valence electrons. The predicted octanol–water partition coefficient (Wildman–Crippen LogP) is 1.70. The van der Waals surface area contributed by atoms with Gasteiger partial charge in [0.15, 0.2) is 11.2 Å². The third kappa shape index (κ3) is 4.52. The number of phosphoric ester groups is 1. The van der Waals surface area contributed by atoms with Gasteiger partial charge in [0.1, 0.15) is 36.7 Å². The summed E-state index contributed by atoms with van der Waals surface area (Å²) in [7, 11) is -4.89. The molecule has 1 saturated heterocycles. The Kier molecular flexibility index (Phi) is 6.71. The zero-order chi connectivity index (χ0) is 32.1. The fourth-order valence-electron chi connectivity index (χ4n) is 7.02. The van der Waals surface area contributed by atoms with E-state index in [1.165, 1.54) is 10.9 Å². The van der Waals surface area contributed by atoms with Crippen molar-refractivity contribution in [2.24, 2.45) is 0 Å². The summed E-state index contributed by atoms with van der Waals surface area (Å²) in [5, 5.41) is 51.7. The zero-order valence-electron chi connectivity index (χ0n) is 23.8. The molecule has 0 spiro atoms. The molecule has 7 atom stereocenters. The van der Waals surface area contributed by atoms with E-state index in [4.69, 9.17) is 9.26 Å². The molecule has 8 rings (SSSR count). The normalized spacial score (nSPS) is 26.9. The molecule has 1 aliphatic carbocycles. The molecule has 2 aliphatic rings. The van der Waals surface area contributed by atoms with Crippen LogP contribution in [0.15, 0.2) is 59.7 Å². The summed E-state index contributed by atoms with van der Waals surface area (Å²) in [5.41, 5.74) is 0.311. The number of nitrogens with one attached hydrogen (secondary N) is 2. The highest BCUT2D eigenvalue weighted by atomic mass is 31.2.